The molecule has 1 aliphatic carbocycles. The minimum Gasteiger partial charge on any atom is -0.481 e. The molecule has 12 heteroatoms. The second kappa shape index (κ2) is 17.1. The van der Waals surface area contributed by atoms with Crippen molar-refractivity contribution in [3.8, 4) is 0 Å². The summed E-state index contributed by atoms with van der Waals surface area (Å²) in [4.78, 5) is 48.8. The predicted molar refractivity (Wildman–Crippen MR) is 174 cm³/mol. The number of carbonyl (C=O) groups excluding carboxylic acids is 2. The number of halogens is 2. The van der Waals surface area contributed by atoms with Gasteiger partial charge in [-0.05, 0) is 68.4 Å². The Balaban J connectivity index is 0.000000189. The molecule has 232 valence electrons. The Bertz CT molecular complexity index is 1440. The number of amides is 2. The molecular formula is C31H38Cl2N4O5S. The van der Waals surface area contributed by atoms with Crippen LogP contribution >= 0.6 is 34.5 Å². The molecule has 3 atom stereocenters. The van der Waals surface area contributed by atoms with Crippen molar-refractivity contribution in [2.24, 2.45) is 17.6 Å². The summed E-state index contributed by atoms with van der Waals surface area (Å²) >= 11 is 12.9. The normalized spacial score (nSPS) is 18.9. The number of aromatic amines is 1. The fraction of sp³-hybridized carbons (Fsp3) is 0.419. The fourth-order valence-electron chi connectivity index (χ4n) is 4.64. The molecule has 2 aromatic carbocycles. The van der Waals surface area contributed by atoms with Crippen molar-refractivity contribution in [3.05, 3.63) is 74.3 Å². The predicted octanol–water partition coefficient (Wildman–Crippen LogP) is 6.31. The Morgan fingerprint density at radius 1 is 1.16 bits per heavy atom. The molecule has 1 aliphatic heterocycles. The fourth-order valence-corrected chi connectivity index (χ4v) is 5.67. The van der Waals surface area contributed by atoms with Gasteiger partial charge in [-0.25, -0.2) is 0 Å². The number of H-pyrrole nitrogens is 1. The van der Waals surface area contributed by atoms with E-state index in [2.05, 4.69) is 29.4 Å². The number of fused-ring (bicyclic) bond motifs is 1. The molecule has 3 unspecified atom stereocenters. The number of hydrogen-bond acceptors (Lipinski definition) is 6. The highest BCUT2D eigenvalue weighted by molar-refractivity contribution is 7.16. The SMILES string of the molecule is CCCCC/C=C\C1CC1C(=O)O.NC(=O)C1CCCN1C(=O)CNc1ccc(Cl)c(Cl)c1.O=c1[nH]c2ccccc2s1. The zero-order valence-electron chi connectivity index (χ0n) is 24.1. The monoisotopic (exact) mass is 648 g/mol. The van der Waals surface area contributed by atoms with Crippen molar-refractivity contribution in [3.63, 3.8) is 0 Å². The number of carbonyl (C=O) groups is 3. The van der Waals surface area contributed by atoms with Gasteiger partial charge in [-0.1, -0.05) is 78.6 Å². The summed E-state index contributed by atoms with van der Waals surface area (Å²) < 4.78 is 1.02. The van der Waals surface area contributed by atoms with Crippen molar-refractivity contribution in [2.45, 2.75) is 57.9 Å². The van der Waals surface area contributed by atoms with Gasteiger partial charge in [0.2, 0.25) is 11.8 Å². The summed E-state index contributed by atoms with van der Waals surface area (Å²) in [6.07, 6.45) is 11.4. The van der Waals surface area contributed by atoms with E-state index in [4.69, 9.17) is 34.0 Å². The second-order valence-electron chi connectivity index (χ2n) is 10.4. The van der Waals surface area contributed by atoms with Crippen LogP contribution in [0.2, 0.25) is 10.0 Å². The first-order valence-corrected chi connectivity index (χ1v) is 15.9. The highest BCUT2D eigenvalue weighted by atomic mass is 35.5. The second-order valence-corrected chi connectivity index (χ2v) is 12.2. The number of aliphatic carboxylic acids is 1. The van der Waals surface area contributed by atoms with E-state index in [9.17, 15) is 19.2 Å². The van der Waals surface area contributed by atoms with Crippen LogP contribution in [-0.2, 0) is 14.4 Å². The van der Waals surface area contributed by atoms with Crippen LogP contribution in [0.4, 0.5) is 5.69 Å². The van der Waals surface area contributed by atoms with Crippen LogP contribution in [0.5, 0.6) is 0 Å². The quantitative estimate of drug-likeness (QED) is 0.150. The zero-order valence-corrected chi connectivity index (χ0v) is 26.4. The number of rotatable bonds is 10. The van der Waals surface area contributed by atoms with Gasteiger partial charge >= 0.3 is 10.8 Å². The Labute approximate surface area is 265 Å². The lowest BCUT2D eigenvalue weighted by atomic mass is 10.2. The molecule has 5 N–H and O–H groups in total. The lowest BCUT2D eigenvalue weighted by Gasteiger charge is -2.22. The van der Waals surface area contributed by atoms with Gasteiger partial charge < -0.3 is 26.0 Å². The number of nitrogens with two attached hydrogens (primary N) is 1. The topological polar surface area (TPSA) is 146 Å². The first-order chi connectivity index (χ1) is 20.6. The van der Waals surface area contributed by atoms with Crippen LogP contribution < -0.4 is 15.9 Å². The number of hydrogen-bond donors (Lipinski definition) is 4. The Hall–Kier alpha value is -3.34. The molecule has 2 aliphatic rings. The van der Waals surface area contributed by atoms with E-state index in [0.29, 0.717) is 34.6 Å². The number of benzene rings is 2. The van der Waals surface area contributed by atoms with Gasteiger partial charge in [0.1, 0.15) is 6.04 Å². The summed E-state index contributed by atoms with van der Waals surface area (Å²) in [5.41, 5.74) is 6.91. The van der Waals surface area contributed by atoms with Crippen molar-refractivity contribution in [2.75, 3.05) is 18.4 Å². The maximum atomic E-state index is 12.1. The third-order valence-corrected chi connectivity index (χ3v) is 8.71. The first kappa shape index (κ1) is 34.2. The summed E-state index contributed by atoms with van der Waals surface area (Å²) in [7, 11) is 0. The molecular weight excluding hydrogens is 611 g/mol. The average molecular weight is 650 g/mol. The molecule has 3 aromatic rings. The van der Waals surface area contributed by atoms with Crippen LogP contribution in [-0.4, -0.2) is 51.9 Å². The molecule has 2 heterocycles. The average Bonchev–Trinajstić information content (AvgIpc) is 3.40. The molecule has 1 saturated heterocycles. The number of unbranched alkanes of at least 4 members (excludes halogenated alkanes) is 3. The van der Waals surface area contributed by atoms with E-state index in [-0.39, 0.29) is 23.2 Å². The molecule has 1 saturated carbocycles. The number of likely N-dealkylation sites (tertiary alicyclic amines) is 1. The molecule has 1 aromatic heterocycles. The number of primary amides is 1. The maximum absolute atomic E-state index is 12.1. The number of nitrogens with one attached hydrogen (secondary N) is 2. The van der Waals surface area contributed by atoms with Crippen molar-refractivity contribution < 1.29 is 19.5 Å². The summed E-state index contributed by atoms with van der Waals surface area (Å²) in [6, 6.07) is 12.2. The Morgan fingerprint density at radius 3 is 2.58 bits per heavy atom. The standard InChI is InChI=1S/C13H15Cl2N3O2.C11H18O2.C7H5NOS/c14-9-4-3-8(6-10(9)15)17-7-12(19)18-5-1-2-11(18)13(16)20;1-2-3-4-5-6-7-9-8-10(9)11(12)13;9-7-8-5-3-1-2-4-6(5)10-7/h3-4,6,11,17H,1-2,5,7H2,(H2,16,20);6-7,9-10H,2-5,8H2,1H3,(H,12,13);1-4H,(H,8,9)/b;7-6-;. The number of nitrogens with zero attached hydrogens (tertiary/aromatic N) is 1. The van der Waals surface area contributed by atoms with Gasteiger partial charge in [-0.2, -0.15) is 0 Å². The van der Waals surface area contributed by atoms with Crippen LogP contribution in [0, 0.1) is 11.8 Å². The Kier molecular flexibility index (Phi) is 13.6. The van der Waals surface area contributed by atoms with Crippen LogP contribution in [0.1, 0.15) is 51.9 Å². The highest BCUT2D eigenvalue weighted by Crippen LogP contribution is 2.39. The molecule has 0 spiro atoms. The van der Waals surface area contributed by atoms with Gasteiger partial charge in [-0.3, -0.25) is 19.2 Å². The number of carboxylic acids is 1. The van der Waals surface area contributed by atoms with Crippen molar-refractivity contribution in [1.29, 1.82) is 0 Å². The molecule has 2 fully saturated rings. The molecule has 5 rings (SSSR count). The van der Waals surface area contributed by atoms with Gasteiger partial charge in [0, 0.05) is 12.2 Å². The first-order valence-electron chi connectivity index (χ1n) is 14.4. The summed E-state index contributed by atoms with van der Waals surface area (Å²) in [5.74, 6) is -0.993. The molecule has 2 amide bonds. The van der Waals surface area contributed by atoms with Crippen LogP contribution in [0.15, 0.2) is 59.4 Å². The zero-order chi connectivity index (χ0) is 31.4. The number of thiazole rings is 1. The van der Waals surface area contributed by atoms with E-state index >= 15 is 0 Å². The third-order valence-electron chi connectivity index (χ3n) is 7.11. The van der Waals surface area contributed by atoms with Crippen molar-refractivity contribution in [1.82, 2.24) is 9.88 Å². The summed E-state index contributed by atoms with van der Waals surface area (Å²) in [5, 5.41) is 12.5. The van der Waals surface area contributed by atoms with Gasteiger partial charge in [0.05, 0.1) is 32.7 Å². The smallest absolute Gasteiger partial charge is 0.307 e. The number of carboxylic acid groups (broad SMARTS) is 1. The molecule has 0 radical (unpaired) electrons. The number of allylic oxidation sites excluding steroid dienone is 2. The van der Waals surface area contributed by atoms with E-state index in [0.717, 1.165) is 29.5 Å². The lowest BCUT2D eigenvalue weighted by Crippen LogP contribution is -2.45. The van der Waals surface area contributed by atoms with Gasteiger partial charge in [0.15, 0.2) is 0 Å². The molecule has 43 heavy (non-hydrogen) atoms. The number of anilines is 1. The largest absolute Gasteiger partial charge is 0.481 e. The lowest BCUT2D eigenvalue weighted by molar-refractivity contribution is -0.138. The van der Waals surface area contributed by atoms with E-state index < -0.39 is 17.9 Å². The summed E-state index contributed by atoms with van der Waals surface area (Å²) in [6.45, 7) is 2.84. The van der Waals surface area contributed by atoms with Crippen LogP contribution in [0.25, 0.3) is 10.2 Å². The number of para-hydroxylation sites is 1. The van der Waals surface area contributed by atoms with Crippen molar-refractivity contribution >= 4 is 68.2 Å². The third kappa shape index (κ3) is 11.0. The minimum absolute atomic E-state index is 0.0150. The van der Waals surface area contributed by atoms with E-state index in [1.807, 2.05) is 24.3 Å². The van der Waals surface area contributed by atoms with Gasteiger partial charge in [0.25, 0.3) is 0 Å². The van der Waals surface area contributed by atoms with E-state index in [1.54, 1.807) is 18.2 Å². The molecule has 9 nitrogen and oxygen atoms in total. The van der Waals surface area contributed by atoms with E-state index in [1.165, 1.54) is 35.5 Å². The molecule has 0 bridgehead atoms. The Morgan fingerprint density at radius 2 is 1.93 bits per heavy atom. The van der Waals surface area contributed by atoms with Gasteiger partial charge in [-0.15, -0.1) is 0 Å². The minimum atomic E-state index is -0.636. The highest BCUT2D eigenvalue weighted by Gasteiger charge is 2.40. The number of aromatic nitrogens is 1. The van der Waals surface area contributed by atoms with Crippen LogP contribution in [0.3, 0.4) is 0 Å². The maximum Gasteiger partial charge on any atom is 0.307 e.